The fourth-order valence-corrected chi connectivity index (χ4v) is 3.01. The molecule has 142 valence electrons. The minimum Gasteiger partial charge on any atom is -0.479 e. The second kappa shape index (κ2) is 9.38. The molecule has 6 heteroatoms. The second-order valence-corrected chi connectivity index (χ2v) is 6.23. The van der Waals surface area contributed by atoms with Crippen molar-refractivity contribution in [1.29, 1.82) is 5.26 Å². The van der Waals surface area contributed by atoms with Crippen LogP contribution in [0, 0.1) is 11.3 Å². The average Bonchev–Trinajstić information content (AvgIpc) is 2.74. The molecule has 6 nitrogen and oxygen atoms in total. The summed E-state index contributed by atoms with van der Waals surface area (Å²) in [6.45, 7) is 0.318. The highest BCUT2D eigenvalue weighted by molar-refractivity contribution is 5.97. The first kappa shape index (κ1) is 19.2. The molecular formula is C22H20N2O4. The van der Waals surface area contributed by atoms with Gasteiger partial charge in [0.15, 0.2) is 13.2 Å². The molecule has 1 amide bonds. The van der Waals surface area contributed by atoms with Crippen LogP contribution in [0.3, 0.4) is 0 Å². The number of fused-ring (bicyclic) bond motifs is 1. The highest BCUT2D eigenvalue weighted by atomic mass is 16.5. The molecule has 1 aliphatic rings. The number of para-hydroxylation sites is 1. The van der Waals surface area contributed by atoms with Gasteiger partial charge in [-0.05, 0) is 48.2 Å². The van der Waals surface area contributed by atoms with Gasteiger partial charge in [0.1, 0.15) is 11.8 Å². The Kier molecular flexibility index (Phi) is 6.42. The molecule has 0 unspecified atom stereocenters. The summed E-state index contributed by atoms with van der Waals surface area (Å²) in [5.74, 6) is -0.231. The number of carbonyl (C=O) groups excluding carboxylic acids is 2. The Bertz CT molecular complexity index is 913. The molecular weight excluding hydrogens is 356 g/mol. The van der Waals surface area contributed by atoms with Crippen molar-refractivity contribution in [2.24, 2.45) is 0 Å². The molecule has 1 aliphatic heterocycles. The molecule has 0 radical (unpaired) electrons. The molecule has 0 N–H and O–H groups in total. The SMILES string of the molecule is N#CCOc1ccc(/C=C/C(=O)OCC(=O)N2CCCc3ccccc32)cc1. The Balaban J connectivity index is 1.51. The monoisotopic (exact) mass is 376 g/mol. The lowest BCUT2D eigenvalue weighted by atomic mass is 10.0. The average molecular weight is 376 g/mol. The first-order valence-electron chi connectivity index (χ1n) is 9.00. The number of ether oxygens (including phenoxy) is 2. The number of carbonyl (C=O) groups is 2. The summed E-state index contributed by atoms with van der Waals surface area (Å²) in [4.78, 5) is 26.0. The third-order valence-electron chi connectivity index (χ3n) is 4.34. The Morgan fingerprint density at radius 1 is 1.14 bits per heavy atom. The lowest BCUT2D eigenvalue weighted by Crippen LogP contribution is -2.38. The second-order valence-electron chi connectivity index (χ2n) is 6.23. The summed E-state index contributed by atoms with van der Waals surface area (Å²) in [6.07, 6.45) is 4.72. The zero-order valence-corrected chi connectivity index (χ0v) is 15.3. The number of nitrogens with zero attached hydrogens (tertiary/aromatic N) is 2. The number of hydrogen-bond donors (Lipinski definition) is 0. The molecule has 0 aromatic heterocycles. The molecule has 0 fully saturated rings. The maximum Gasteiger partial charge on any atom is 0.331 e. The fraction of sp³-hybridized carbons (Fsp3) is 0.227. The first-order chi connectivity index (χ1) is 13.7. The van der Waals surface area contributed by atoms with Crippen LogP contribution in [-0.4, -0.2) is 31.6 Å². The van der Waals surface area contributed by atoms with Gasteiger partial charge in [-0.15, -0.1) is 0 Å². The number of nitriles is 1. The zero-order valence-electron chi connectivity index (χ0n) is 15.3. The largest absolute Gasteiger partial charge is 0.479 e. The topological polar surface area (TPSA) is 79.6 Å². The summed E-state index contributed by atoms with van der Waals surface area (Å²) in [5, 5.41) is 8.48. The lowest BCUT2D eigenvalue weighted by molar-refractivity contribution is -0.142. The summed E-state index contributed by atoms with van der Waals surface area (Å²) in [6, 6.07) is 16.6. The van der Waals surface area contributed by atoms with Crippen LogP contribution in [0.25, 0.3) is 6.08 Å². The van der Waals surface area contributed by atoms with E-state index in [1.165, 1.54) is 6.08 Å². The number of anilines is 1. The molecule has 0 saturated carbocycles. The van der Waals surface area contributed by atoms with E-state index in [1.807, 2.05) is 30.3 Å². The van der Waals surface area contributed by atoms with E-state index in [0.29, 0.717) is 12.3 Å². The van der Waals surface area contributed by atoms with E-state index < -0.39 is 5.97 Å². The molecule has 2 aromatic carbocycles. The summed E-state index contributed by atoms with van der Waals surface area (Å²) < 4.78 is 10.3. The Morgan fingerprint density at radius 2 is 1.93 bits per heavy atom. The summed E-state index contributed by atoms with van der Waals surface area (Å²) >= 11 is 0. The molecule has 3 rings (SSSR count). The summed E-state index contributed by atoms with van der Waals surface area (Å²) in [5.41, 5.74) is 2.80. The Morgan fingerprint density at radius 3 is 2.71 bits per heavy atom. The highest BCUT2D eigenvalue weighted by Gasteiger charge is 2.22. The van der Waals surface area contributed by atoms with Crippen LogP contribution < -0.4 is 9.64 Å². The van der Waals surface area contributed by atoms with E-state index in [-0.39, 0.29) is 19.1 Å². The van der Waals surface area contributed by atoms with E-state index in [4.69, 9.17) is 14.7 Å². The van der Waals surface area contributed by atoms with Gasteiger partial charge < -0.3 is 14.4 Å². The van der Waals surface area contributed by atoms with Gasteiger partial charge in [0.05, 0.1) is 0 Å². The number of aryl methyl sites for hydroxylation is 1. The van der Waals surface area contributed by atoms with Crippen LogP contribution in [0.4, 0.5) is 5.69 Å². The normalized spacial score (nSPS) is 12.9. The number of hydrogen-bond acceptors (Lipinski definition) is 5. The van der Waals surface area contributed by atoms with Crippen molar-refractivity contribution >= 4 is 23.6 Å². The molecule has 0 spiro atoms. The maximum atomic E-state index is 12.5. The van der Waals surface area contributed by atoms with Gasteiger partial charge in [-0.2, -0.15) is 5.26 Å². The highest BCUT2D eigenvalue weighted by Crippen LogP contribution is 2.26. The van der Waals surface area contributed by atoms with E-state index in [2.05, 4.69) is 0 Å². The van der Waals surface area contributed by atoms with Crippen LogP contribution >= 0.6 is 0 Å². The maximum absolute atomic E-state index is 12.5. The van der Waals surface area contributed by atoms with Gasteiger partial charge in [0.2, 0.25) is 0 Å². The van der Waals surface area contributed by atoms with E-state index in [0.717, 1.165) is 29.7 Å². The van der Waals surface area contributed by atoms with Crippen molar-refractivity contribution in [3.8, 4) is 11.8 Å². The lowest BCUT2D eigenvalue weighted by Gasteiger charge is -2.29. The standard InChI is InChI=1S/C22H20N2O4/c23-13-15-27-19-10-7-17(8-11-19)9-12-22(26)28-16-21(25)24-14-3-5-18-4-1-2-6-20(18)24/h1-2,4,6-12H,3,5,14-16H2/b12-9+. The molecule has 1 heterocycles. The molecule has 0 aliphatic carbocycles. The van der Waals surface area contributed by atoms with E-state index in [9.17, 15) is 9.59 Å². The summed E-state index contributed by atoms with van der Waals surface area (Å²) in [7, 11) is 0. The first-order valence-corrected chi connectivity index (χ1v) is 9.00. The van der Waals surface area contributed by atoms with Gasteiger partial charge >= 0.3 is 5.97 Å². The van der Waals surface area contributed by atoms with Crippen LogP contribution in [0.1, 0.15) is 17.5 Å². The Hall–Kier alpha value is -3.59. The van der Waals surface area contributed by atoms with Gasteiger partial charge in [-0.3, -0.25) is 4.79 Å². The van der Waals surface area contributed by atoms with E-state index >= 15 is 0 Å². The predicted octanol–water partition coefficient (Wildman–Crippen LogP) is 3.12. The van der Waals surface area contributed by atoms with Crippen molar-refractivity contribution in [2.45, 2.75) is 12.8 Å². The van der Waals surface area contributed by atoms with Gasteiger partial charge in [-0.1, -0.05) is 30.3 Å². The zero-order chi connectivity index (χ0) is 19.8. The number of esters is 1. The van der Waals surface area contributed by atoms with Crippen LogP contribution in [0.5, 0.6) is 5.75 Å². The molecule has 2 aromatic rings. The van der Waals surface area contributed by atoms with Crippen molar-refractivity contribution in [3.05, 3.63) is 65.7 Å². The third kappa shape index (κ3) is 4.98. The third-order valence-corrected chi connectivity index (χ3v) is 4.34. The quantitative estimate of drug-likeness (QED) is 0.572. The molecule has 28 heavy (non-hydrogen) atoms. The molecule has 0 saturated heterocycles. The smallest absolute Gasteiger partial charge is 0.331 e. The van der Waals surface area contributed by atoms with Crippen molar-refractivity contribution < 1.29 is 19.1 Å². The number of benzene rings is 2. The predicted molar refractivity (Wildman–Crippen MR) is 105 cm³/mol. The Labute approximate surface area is 163 Å². The van der Waals surface area contributed by atoms with Crippen molar-refractivity contribution in [1.82, 2.24) is 0 Å². The van der Waals surface area contributed by atoms with Crippen LogP contribution in [0.2, 0.25) is 0 Å². The molecule has 0 bridgehead atoms. The minimum absolute atomic E-state index is 0.0168. The number of rotatable bonds is 6. The fourth-order valence-electron chi connectivity index (χ4n) is 3.01. The molecule has 0 atom stereocenters. The number of amides is 1. The minimum atomic E-state index is -0.580. The van der Waals surface area contributed by atoms with Crippen LogP contribution in [-0.2, 0) is 20.7 Å². The van der Waals surface area contributed by atoms with E-state index in [1.54, 1.807) is 35.2 Å². The van der Waals surface area contributed by atoms with Gasteiger partial charge in [0, 0.05) is 18.3 Å². The van der Waals surface area contributed by atoms with Gasteiger partial charge in [-0.25, -0.2) is 4.79 Å². The van der Waals surface area contributed by atoms with Gasteiger partial charge in [0.25, 0.3) is 5.91 Å². The van der Waals surface area contributed by atoms with Crippen molar-refractivity contribution in [2.75, 3.05) is 24.7 Å². The van der Waals surface area contributed by atoms with Crippen LogP contribution in [0.15, 0.2) is 54.6 Å². The van der Waals surface area contributed by atoms with Crippen molar-refractivity contribution in [3.63, 3.8) is 0 Å².